The van der Waals surface area contributed by atoms with E-state index < -0.39 is 0 Å². The van der Waals surface area contributed by atoms with E-state index in [2.05, 4.69) is 15.2 Å². The Bertz CT molecular complexity index is 584. The van der Waals surface area contributed by atoms with Crippen LogP contribution in [0.4, 0.5) is 5.69 Å². The van der Waals surface area contributed by atoms with Crippen LogP contribution in [0.15, 0.2) is 39.6 Å². The van der Waals surface area contributed by atoms with E-state index in [0.29, 0.717) is 5.84 Å². The van der Waals surface area contributed by atoms with Gasteiger partial charge in [-0.05, 0) is 17.7 Å². The Morgan fingerprint density at radius 1 is 1.38 bits per heavy atom. The normalized spacial score (nSPS) is 15.5. The number of fused-ring (bicyclic) bond motifs is 3. The van der Waals surface area contributed by atoms with E-state index >= 15 is 0 Å². The first-order valence-electron chi connectivity index (χ1n) is 4.86. The van der Waals surface area contributed by atoms with Gasteiger partial charge in [0.25, 0.3) is 0 Å². The van der Waals surface area contributed by atoms with Crippen LogP contribution < -0.4 is 5.73 Å². The Kier molecular flexibility index (Phi) is 1.73. The monoisotopic (exact) mass is 212 g/mol. The van der Waals surface area contributed by atoms with E-state index in [0.717, 1.165) is 22.4 Å². The number of amidine groups is 1. The van der Waals surface area contributed by atoms with Crippen molar-refractivity contribution in [3.8, 4) is 0 Å². The van der Waals surface area contributed by atoms with Crippen LogP contribution in [0.3, 0.4) is 0 Å². The van der Waals surface area contributed by atoms with Crippen LogP contribution >= 0.6 is 0 Å². The van der Waals surface area contributed by atoms with Crippen molar-refractivity contribution in [3.05, 3.63) is 35.5 Å². The molecule has 3 rings (SSSR count). The average Bonchev–Trinajstić information content (AvgIpc) is 2.77. The largest absolute Gasteiger partial charge is 0.369 e. The number of nitrogens with two attached hydrogens (primary N) is 1. The smallest absolute Gasteiger partial charge is 0.221 e. The summed E-state index contributed by atoms with van der Waals surface area (Å²) in [4.78, 5) is 15.1. The van der Waals surface area contributed by atoms with Gasteiger partial charge in [0.2, 0.25) is 5.91 Å². The second-order valence-corrected chi connectivity index (χ2v) is 3.69. The van der Waals surface area contributed by atoms with Crippen LogP contribution in [0.25, 0.3) is 5.57 Å². The minimum atomic E-state index is -0.339. The number of aliphatic imine (C=N–C) groups is 1. The Balaban J connectivity index is 2.04. The molecule has 0 radical (unpaired) electrons. The molecule has 0 atom stereocenters. The Morgan fingerprint density at radius 3 is 3.06 bits per heavy atom. The van der Waals surface area contributed by atoms with Crippen molar-refractivity contribution in [2.45, 2.75) is 6.42 Å². The van der Waals surface area contributed by atoms with Gasteiger partial charge in [-0.2, -0.15) is 5.11 Å². The topological polar surface area (TPSA) is 80.2 Å². The number of rotatable bonds is 2. The molecular formula is C11H8N4O. The molecule has 1 amide bonds. The second kappa shape index (κ2) is 3.10. The van der Waals surface area contributed by atoms with Crippen LogP contribution in [0.5, 0.6) is 0 Å². The second-order valence-electron chi connectivity index (χ2n) is 3.69. The maximum atomic E-state index is 10.8. The van der Waals surface area contributed by atoms with Gasteiger partial charge in [-0.3, -0.25) is 4.79 Å². The van der Waals surface area contributed by atoms with E-state index in [1.807, 2.05) is 18.2 Å². The van der Waals surface area contributed by atoms with Crippen LogP contribution in [0, 0.1) is 0 Å². The molecule has 0 aliphatic carbocycles. The van der Waals surface area contributed by atoms with Gasteiger partial charge >= 0.3 is 0 Å². The number of carbonyl (C=O) groups excluding carboxylic acids is 1. The van der Waals surface area contributed by atoms with Gasteiger partial charge in [0.1, 0.15) is 0 Å². The molecule has 2 aliphatic rings. The first kappa shape index (κ1) is 8.96. The lowest BCUT2D eigenvalue weighted by molar-refractivity contribution is -0.117. The van der Waals surface area contributed by atoms with Crippen LogP contribution in [0.2, 0.25) is 0 Å². The zero-order valence-electron chi connectivity index (χ0n) is 8.34. The third-order valence-electron chi connectivity index (χ3n) is 2.54. The van der Waals surface area contributed by atoms with Crippen molar-refractivity contribution < 1.29 is 4.79 Å². The number of primary amides is 1. The highest BCUT2D eigenvalue weighted by molar-refractivity contribution is 6.29. The standard InChI is InChI=1S/C11H8N4O/c12-10(16)4-6-1-2-9-7(3-6)8-5-13-15-11(8)14-9/h1-3,5H,4H2,(H2,12,16). The summed E-state index contributed by atoms with van der Waals surface area (Å²) in [5.74, 6) is 0.306. The highest BCUT2D eigenvalue weighted by Gasteiger charge is 2.23. The number of benzene rings is 1. The summed E-state index contributed by atoms with van der Waals surface area (Å²) >= 11 is 0. The third-order valence-corrected chi connectivity index (χ3v) is 2.54. The van der Waals surface area contributed by atoms with Gasteiger partial charge in [-0.25, -0.2) is 4.99 Å². The SMILES string of the molecule is NC(=O)Cc1ccc2c(c1)C1=CN=NC1=N2. The molecule has 78 valence electrons. The highest BCUT2D eigenvalue weighted by atomic mass is 16.1. The van der Waals surface area contributed by atoms with Gasteiger partial charge in [-0.15, -0.1) is 5.11 Å². The summed E-state index contributed by atoms with van der Waals surface area (Å²) in [6, 6.07) is 5.64. The zero-order valence-corrected chi connectivity index (χ0v) is 8.34. The Labute approximate surface area is 91.4 Å². The van der Waals surface area contributed by atoms with Gasteiger partial charge < -0.3 is 5.73 Å². The summed E-state index contributed by atoms with van der Waals surface area (Å²) in [6.45, 7) is 0. The summed E-state index contributed by atoms with van der Waals surface area (Å²) in [5.41, 5.74) is 8.80. The molecule has 1 aromatic rings. The molecule has 0 spiro atoms. The number of hydrogen-bond donors (Lipinski definition) is 1. The summed E-state index contributed by atoms with van der Waals surface area (Å²) in [7, 11) is 0. The van der Waals surface area contributed by atoms with Gasteiger partial charge in [0, 0.05) is 5.56 Å². The predicted octanol–water partition coefficient (Wildman–Crippen LogP) is 1.56. The lowest BCUT2D eigenvalue weighted by Crippen LogP contribution is -2.13. The molecule has 0 saturated carbocycles. The fraction of sp³-hybridized carbons (Fsp3) is 0.0909. The number of amides is 1. The van der Waals surface area contributed by atoms with Crippen LogP contribution in [-0.4, -0.2) is 11.7 Å². The van der Waals surface area contributed by atoms with Crippen molar-refractivity contribution in [2.24, 2.45) is 21.0 Å². The van der Waals surface area contributed by atoms with Crippen LogP contribution in [0.1, 0.15) is 11.1 Å². The Hall–Kier alpha value is -2.30. The number of azo groups is 1. The molecule has 0 fully saturated rings. The van der Waals surface area contributed by atoms with E-state index in [9.17, 15) is 4.79 Å². The molecule has 16 heavy (non-hydrogen) atoms. The zero-order chi connectivity index (χ0) is 11.1. The van der Waals surface area contributed by atoms with Gasteiger partial charge in [0.15, 0.2) is 5.84 Å². The molecule has 2 heterocycles. The van der Waals surface area contributed by atoms with E-state index in [4.69, 9.17) is 5.73 Å². The Morgan fingerprint density at radius 2 is 2.25 bits per heavy atom. The van der Waals surface area contributed by atoms with E-state index in [1.54, 1.807) is 6.20 Å². The summed E-state index contributed by atoms with van der Waals surface area (Å²) < 4.78 is 0. The average molecular weight is 212 g/mol. The van der Waals surface area contributed by atoms with Crippen molar-refractivity contribution in [1.29, 1.82) is 0 Å². The molecule has 0 saturated heterocycles. The van der Waals surface area contributed by atoms with Crippen molar-refractivity contribution in [2.75, 3.05) is 0 Å². The minimum absolute atomic E-state index is 0.240. The van der Waals surface area contributed by atoms with E-state index in [-0.39, 0.29) is 12.3 Å². The predicted molar refractivity (Wildman–Crippen MR) is 59.3 cm³/mol. The van der Waals surface area contributed by atoms with Gasteiger partial charge in [0.05, 0.1) is 23.9 Å². The molecule has 0 aromatic heterocycles. The molecule has 1 aromatic carbocycles. The fourth-order valence-electron chi connectivity index (χ4n) is 1.85. The first-order valence-corrected chi connectivity index (χ1v) is 4.86. The molecule has 0 unspecified atom stereocenters. The maximum absolute atomic E-state index is 10.8. The fourth-order valence-corrected chi connectivity index (χ4v) is 1.85. The third kappa shape index (κ3) is 1.25. The lowest BCUT2D eigenvalue weighted by atomic mass is 10.0. The summed E-state index contributed by atoms with van der Waals surface area (Å²) in [5, 5.41) is 7.69. The number of hydrogen-bond acceptors (Lipinski definition) is 4. The maximum Gasteiger partial charge on any atom is 0.221 e. The van der Waals surface area contributed by atoms with Crippen LogP contribution in [-0.2, 0) is 11.2 Å². The van der Waals surface area contributed by atoms with Crippen molar-refractivity contribution in [1.82, 2.24) is 0 Å². The quantitative estimate of drug-likeness (QED) is 0.793. The number of carbonyl (C=O) groups is 1. The first-order chi connectivity index (χ1) is 7.74. The lowest BCUT2D eigenvalue weighted by Gasteiger charge is -2.01. The molecule has 0 bridgehead atoms. The number of nitrogens with zero attached hydrogens (tertiary/aromatic N) is 3. The molecule has 2 N–H and O–H groups in total. The summed E-state index contributed by atoms with van der Waals surface area (Å²) in [6.07, 6.45) is 1.92. The molecule has 5 heteroatoms. The van der Waals surface area contributed by atoms with Crippen molar-refractivity contribution in [3.63, 3.8) is 0 Å². The van der Waals surface area contributed by atoms with Gasteiger partial charge in [-0.1, -0.05) is 6.07 Å². The highest BCUT2D eigenvalue weighted by Crippen LogP contribution is 2.37. The molecule has 2 aliphatic heterocycles. The molecule has 5 nitrogen and oxygen atoms in total. The van der Waals surface area contributed by atoms with Crippen molar-refractivity contribution >= 4 is 23.0 Å². The van der Waals surface area contributed by atoms with E-state index in [1.165, 1.54) is 0 Å². The minimum Gasteiger partial charge on any atom is -0.369 e. The molecular weight excluding hydrogens is 204 g/mol.